The van der Waals surface area contributed by atoms with Gasteiger partial charge in [0, 0.05) is 35.5 Å². The number of anilines is 3. The lowest BCUT2D eigenvalue weighted by Gasteiger charge is -2.06. The first kappa shape index (κ1) is 24.3. The molecule has 1 aromatic heterocycles. The van der Waals surface area contributed by atoms with E-state index in [1.807, 2.05) is 17.5 Å². The molecular formula is C24H22N4O5S2. The fourth-order valence-electron chi connectivity index (χ4n) is 3.05. The van der Waals surface area contributed by atoms with Gasteiger partial charge in [-0.05, 0) is 48.0 Å². The maximum absolute atomic E-state index is 12.2. The lowest BCUT2D eigenvalue weighted by Crippen LogP contribution is -2.14. The molecule has 0 radical (unpaired) electrons. The van der Waals surface area contributed by atoms with E-state index in [1.165, 1.54) is 36.1 Å². The van der Waals surface area contributed by atoms with Crippen molar-refractivity contribution in [3.63, 3.8) is 0 Å². The molecule has 0 atom stereocenters. The lowest BCUT2D eigenvalue weighted by molar-refractivity contribution is -0.114. The number of hydrogen-bond acceptors (Lipinski definition) is 8. The summed E-state index contributed by atoms with van der Waals surface area (Å²) in [5.41, 5.74) is 2.92. The molecule has 2 heterocycles. The van der Waals surface area contributed by atoms with Gasteiger partial charge in [-0.3, -0.25) is 19.7 Å². The summed E-state index contributed by atoms with van der Waals surface area (Å²) in [6, 6.07) is 12.3. The summed E-state index contributed by atoms with van der Waals surface area (Å²) >= 11 is 2.75. The molecule has 2 aromatic carbocycles. The molecule has 0 saturated heterocycles. The van der Waals surface area contributed by atoms with Crippen LogP contribution in [0.25, 0.3) is 6.08 Å². The minimum absolute atomic E-state index is 0.139. The second-order valence-electron chi connectivity index (χ2n) is 7.38. The second-order valence-corrected chi connectivity index (χ2v) is 9.22. The molecule has 35 heavy (non-hydrogen) atoms. The third-order valence-corrected chi connectivity index (χ3v) is 6.35. The van der Waals surface area contributed by atoms with Crippen LogP contribution in [0, 0.1) is 0 Å². The smallest absolute Gasteiger partial charge is 0.250 e. The number of hydrogen-bond donors (Lipinski definition) is 3. The van der Waals surface area contributed by atoms with Gasteiger partial charge in [-0.1, -0.05) is 6.07 Å². The van der Waals surface area contributed by atoms with Crippen molar-refractivity contribution in [3.8, 4) is 11.5 Å². The molecule has 0 bridgehead atoms. The van der Waals surface area contributed by atoms with E-state index < -0.39 is 0 Å². The van der Waals surface area contributed by atoms with E-state index in [0.29, 0.717) is 33.8 Å². The minimum atomic E-state index is -0.292. The van der Waals surface area contributed by atoms with E-state index in [4.69, 9.17) is 9.47 Å². The number of carbonyl (C=O) groups is 3. The topological polar surface area (TPSA) is 119 Å². The molecule has 0 saturated carbocycles. The van der Waals surface area contributed by atoms with Crippen LogP contribution in [-0.4, -0.2) is 35.3 Å². The normalized spacial score (nSPS) is 11.9. The summed E-state index contributed by atoms with van der Waals surface area (Å²) < 4.78 is 10.6. The molecule has 1 aliphatic heterocycles. The predicted molar refractivity (Wildman–Crippen MR) is 138 cm³/mol. The highest BCUT2D eigenvalue weighted by atomic mass is 32.2. The zero-order valence-electron chi connectivity index (χ0n) is 18.7. The van der Waals surface area contributed by atoms with Gasteiger partial charge < -0.3 is 20.1 Å². The van der Waals surface area contributed by atoms with Crippen LogP contribution in [0.1, 0.15) is 18.2 Å². The van der Waals surface area contributed by atoms with E-state index in [2.05, 4.69) is 20.9 Å². The molecule has 0 fully saturated rings. The van der Waals surface area contributed by atoms with Crippen molar-refractivity contribution in [1.29, 1.82) is 0 Å². The van der Waals surface area contributed by atoms with Crippen LogP contribution in [0.3, 0.4) is 0 Å². The third kappa shape index (κ3) is 7.33. The number of nitrogens with zero attached hydrogens (tertiary/aromatic N) is 1. The molecule has 3 amide bonds. The van der Waals surface area contributed by atoms with E-state index in [1.54, 1.807) is 36.4 Å². The predicted octanol–water partition coefficient (Wildman–Crippen LogP) is 4.35. The van der Waals surface area contributed by atoms with Crippen molar-refractivity contribution in [2.45, 2.75) is 12.7 Å². The standard InChI is InChI=1S/C24H22N4O5S2/c1-15(29)25-17-4-6-18(7-5-17)26-23(31)13-34-11-19-12-35-24(27-19)28-22(30)9-3-16-2-8-20-21(10-16)33-14-32-20/h2-10,12H,11,13-14H2,1H3,(H,25,29)(H,26,31)(H,27,28,30)/b9-3+. The Labute approximate surface area is 209 Å². The molecule has 3 N–H and O–H groups in total. The maximum Gasteiger partial charge on any atom is 0.250 e. The fourth-order valence-corrected chi connectivity index (χ4v) is 4.59. The number of rotatable bonds is 9. The zero-order chi connectivity index (χ0) is 24.6. The fraction of sp³-hybridized carbons (Fsp3) is 0.167. The minimum Gasteiger partial charge on any atom is -0.454 e. The average molecular weight is 511 g/mol. The molecule has 180 valence electrons. The van der Waals surface area contributed by atoms with Gasteiger partial charge >= 0.3 is 0 Å². The summed E-state index contributed by atoms with van der Waals surface area (Å²) in [7, 11) is 0. The largest absolute Gasteiger partial charge is 0.454 e. The summed E-state index contributed by atoms with van der Waals surface area (Å²) in [4.78, 5) is 39.8. The van der Waals surface area contributed by atoms with E-state index in [0.717, 1.165) is 11.3 Å². The number of aromatic nitrogens is 1. The first-order valence-electron chi connectivity index (χ1n) is 10.5. The van der Waals surface area contributed by atoms with Crippen LogP contribution in [0.5, 0.6) is 11.5 Å². The van der Waals surface area contributed by atoms with Gasteiger partial charge in [0.1, 0.15) is 0 Å². The second kappa shape index (κ2) is 11.5. The van der Waals surface area contributed by atoms with Crippen LogP contribution in [-0.2, 0) is 20.1 Å². The highest BCUT2D eigenvalue weighted by Gasteiger charge is 2.12. The van der Waals surface area contributed by atoms with Crippen molar-refractivity contribution in [2.75, 3.05) is 28.5 Å². The van der Waals surface area contributed by atoms with E-state index >= 15 is 0 Å². The summed E-state index contributed by atoms with van der Waals surface area (Å²) in [6.45, 7) is 1.64. The Hall–Kier alpha value is -3.83. The number of benzene rings is 2. The van der Waals surface area contributed by atoms with Crippen LogP contribution in [0.2, 0.25) is 0 Å². The zero-order valence-corrected chi connectivity index (χ0v) is 20.3. The van der Waals surface area contributed by atoms with Gasteiger partial charge in [0.25, 0.3) is 0 Å². The number of thioether (sulfide) groups is 1. The van der Waals surface area contributed by atoms with Crippen molar-refractivity contribution in [1.82, 2.24) is 4.98 Å². The Bertz CT molecular complexity index is 1260. The first-order valence-corrected chi connectivity index (χ1v) is 12.6. The quantitative estimate of drug-likeness (QED) is 0.366. The highest BCUT2D eigenvalue weighted by molar-refractivity contribution is 7.99. The monoisotopic (exact) mass is 510 g/mol. The highest BCUT2D eigenvalue weighted by Crippen LogP contribution is 2.32. The molecule has 1 aliphatic rings. The number of fused-ring (bicyclic) bond motifs is 1. The molecule has 0 spiro atoms. The van der Waals surface area contributed by atoms with Crippen LogP contribution < -0.4 is 25.4 Å². The van der Waals surface area contributed by atoms with Crippen LogP contribution in [0.4, 0.5) is 16.5 Å². The van der Waals surface area contributed by atoms with Crippen molar-refractivity contribution in [2.24, 2.45) is 0 Å². The van der Waals surface area contributed by atoms with Crippen molar-refractivity contribution in [3.05, 3.63) is 65.2 Å². The molecule has 3 aromatic rings. The molecule has 9 nitrogen and oxygen atoms in total. The first-order chi connectivity index (χ1) is 16.9. The third-order valence-electron chi connectivity index (χ3n) is 4.58. The number of nitrogens with one attached hydrogen (secondary N) is 3. The van der Waals surface area contributed by atoms with Crippen LogP contribution >= 0.6 is 23.1 Å². The molecule has 4 rings (SSSR count). The van der Waals surface area contributed by atoms with Gasteiger partial charge in [-0.15, -0.1) is 23.1 Å². The average Bonchev–Trinajstić information content (AvgIpc) is 3.47. The molecule has 0 aliphatic carbocycles. The number of ether oxygens (including phenoxy) is 2. The number of amides is 3. The lowest BCUT2D eigenvalue weighted by atomic mass is 10.2. The summed E-state index contributed by atoms with van der Waals surface area (Å²) in [5.74, 6) is 1.55. The summed E-state index contributed by atoms with van der Waals surface area (Å²) in [6.07, 6.45) is 3.12. The van der Waals surface area contributed by atoms with Crippen LogP contribution in [0.15, 0.2) is 53.9 Å². The van der Waals surface area contributed by atoms with Gasteiger partial charge in [0.2, 0.25) is 24.5 Å². The molecular weight excluding hydrogens is 488 g/mol. The maximum atomic E-state index is 12.2. The molecule has 11 heteroatoms. The molecule has 0 unspecified atom stereocenters. The number of thiazole rings is 1. The Morgan fingerprint density at radius 1 is 1.03 bits per heavy atom. The van der Waals surface area contributed by atoms with Crippen molar-refractivity contribution < 1.29 is 23.9 Å². The SMILES string of the molecule is CC(=O)Nc1ccc(NC(=O)CSCc2csc(NC(=O)/C=C/c3ccc4c(c3)OCO4)n2)cc1. The van der Waals surface area contributed by atoms with E-state index in [9.17, 15) is 14.4 Å². The Morgan fingerprint density at radius 2 is 1.77 bits per heavy atom. The van der Waals surface area contributed by atoms with E-state index in [-0.39, 0.29) is 30.3 Å². The van der Waals surface area contributed by atoms with Gasteiger partial charge in [-0.2, -0.15) is 0 Å². The Morgan fingerprint density at radius 3 is 2.54 bits per heavy atom. The summed E-state index contributed by atoms with van der Waals surface area (Å²) in [5, 5.41) is 10.6. The Balaban J connectivity index is 1.18. The van der Waals surface area contributed by atoms with Gasteiger partial charge in [0.15, 0.2) is 16.6 Å². The van der Waals surface area contributed by atoms with Gasteiger partial charge in [-0.25, -0.2) is 4.98 Å². The van der Waals surface area contributed by atoms with Crippen molar-refractivity contribution >= 4 is 63.4 Å². The number of carbonyl (C=O) groups excluding carboxylic acids is 3. The van der Waals surface area contributed by atoms with Gasteiger partial charge in [0.05, 0.1) is 11.4 Å². The Kier molecular flexibility index (Phi) is 8.01.